The van der Waals surface area contributed by atoms with Crippen LogP contribution in [0.3, 0.4) is 0 Å². The largest absolute Gasteiger partial charge is 0.388 e. The minimum absolute atomic E-state index is 0.486. The molecule has 1 aromatic carbocycles. The van der Waals surface area contributed by atoms with Crippen molar-refractivity contribution in [3.05, 3.63) is 50.3 Å². The molecule has 0 fully saturated rings. The summed E-state index contributed by atoms with van der Waals surface area (Å²) in [6.07, 6.45) is 4.78. The van der Waals surface area contributed by atoms with Crippen molar-refractivity contribution < 1.29 is 5.11 Å². The quantitative estimate of drug-likeness (QED) is 0.831. The SMILES string of the molecule is Cn1cc(CCC(O)c2ccc(I)c(Cl)c2)cn1. The van der Waals surface area contributed by atoms with Gasteiger partial charge in [0.1, 0.15) is 0 Å². The zero-order valence-corrected chi connectivity index (χ0v) is 12.9. The van der Waals surface area contributed by atoms with Crippen molar-refractivity contribution in [2.45, 2.75) is 18.9 Å². The number of nitrogens with zero attached hydrogens (tertiary/aromatic N) is 2. The van der Waals surface area contributed by atoms with E-state index in [1.807, 2.05) is 37.6 Å². The molecule has 0 aliphatic carbocycles. The van der Waals surface area contributed by atoms with Crippen LogP contribution in [-0.2, 0) is 13.5 Å². The van der Waals surface area contributed by atoms with Gasteiger partial charge in [0.05, 0.1) is 17.3 Å². The minimum Gasteiger partial charge on any atom is -0.388 e. The molecule has 1 unspecified atom stereocenters. The summed E-state index contributed by atoms with van der Waals surface area (Å²) in [5.41, 5.74) is 2.00. The number of aryl methyl sites for hydroxylation is 2. The van der Waals surface area contributed by atoms with Crippen LogP contribution in [0.1, 0.15) is 23.7 Å². The first-order valence-corrected chi connectivity index (χ1v) is 7.12. The Morgan fingerprint density at radius 2 is 2.28 bits per heavy atom. The standard InChI is InChI=1S/C13H14ClIN2O/c1-17-8-9(7-16-17)2-5-13(18)10-3-4-12(15)11(14)6-10/h3-4,6-8,13,18H,2,5H2,1H3. The van der Waals surface area contributed by atoms with E-state index >= 15 is 0 Å². The van der Waals surface area contributed by atoms with Gasteiger partial charge in [0.25, 0.3) is 0 Å². The molecule has 3 nitrogen and oxygen atoms in total. The van der Waals surface area contributed by atoms with Crippen LogP contribution in [-0.4, -0.2) is 14.9 Å². The summed E-state index contributed by atoms with van der Waals surface area (Å²) < 4.78 is 2.76. The maximum Gasteiger partial charge on any atom is 0.0793 e. The topological polar surface area (TPSA) is 38.0 Å². The molecule has 2 aromatic rings. The van der Waals surface area contributed by atoms with Crippen LogP contribution in [0.25, 0.3) is 0 Å². The summed E-state index contributed by atoms with van der Waals surface area (Å²) in [7, 11) is 1.89. The zero-order chi connectivity index (χ0) is 13.1. The molecule has 0 amide bonds. The molecule has 0 aliphatic heterocycles. The van der Waals surface area contributed by atoms with Gasteiger partial charge in [-0.1, -0.05) is 17.7 Å². The van der Waals surface area contributed by atoms with Crippen molar-refractivity contribution in [2.24, 2.45) is 7.05 Å². The number of benzene rings is 1. The maximum atomic E-state index is 10.1. The molecule has 96 valence electrons. The van der Waals surface area contributed by atoms with E-state index in [1.54, 1.807) is 4.68 Å². The van der Waals surface area contributed by atoms with Crippen molar-refractivity contribution in [1.82, 2.24) is 9.78 Å². The van der Waals surface area contributed by atoms with E-state index in [9.17, 15) is 5.11 Å². The maximum absolute atomic E-state index is 10.1. The lowest BCUT2D eigenvalue weighted by atomic mass is 10.0. The number of hydrogen-bond acceptors (Lipinski definition) is 2. The van der Waals surface area contributed by atoms with E-state index < -0.39 is 6.10 Å². The molecule has 18 heavy (non-hydrogen) atoms. The van der Waals surface area contributed by atoms with Crippen LogP contribution in [0.5, 0.6) is 0 Å². The first kappa shape index (κ1) is 13.8. The highest BCUT2D eigenvalue weighted by molar-refractivity contribution is 14.1. The summed E-state index contributed by atoms with van der Waals surface area (Å²) in [6, 6.07) is 5.67. The number of aromatic nitrogens is 2. The molecule has 1 N–H and O–H groups in total. The summed E-state index contributed by atoms with van der Waals surface area (Å²) in [5.74, 6) is 0. The Labute approximate surface area is 125 Å². The zero-order valence-electron chi connectivity index (χ0n) is 9.98. The van der Waals surface area contributed by atoms with Crippen molar-refractivity contribution >= 4 is 34.2 Å². The van der Waals surface area contributed by atoms with Crippen molar-refractivity contribution in [3.8, 4) is 0 Å². The normalized spacial score (nSPS) is 12.7. The van der Waals surface area contributed by atoms with E-state index in [4.69, 9.17) is 11.6 Å². The van der Waals surface area contributed by atoms with Crippen LogP contribution in [0.4, 0.5) is 0 Å². The first-order valence-electron chi connectivity index (χ1n) is 5.67. The Kier molecular flexibility index (Phi) is 4.64. The van der Waals surface area contributed by atoms with Gasteiger partial charge in [-0.05, 0) is 58.7 Å². The summed E-state index contributed by atoms with van der Waals surface area (Å²) in [5, 5.41) is 14.9. The second kappa shape index (κ2) is 6.04. The van der Waals surface area contributed by atoms with E-state index in [0.717, 1.165) is 21.1 Å². The van der Waals surface area contributed by atoms with Crippen LogP contribution in [0, 0.1) is 3.57 Å². The van der Waals surface area contributed by atoms with Gasteiger partial charge in [-0.15, -0.1) is 0 Å². The Morgan fingerprint density at radius 1 is 1.50 bits per heavy atom. The van der Waals surface area contributed by atoms with Gasteiger partial charge in [-0.3, -0.25) is 4.68 Å². The molecule has 2 rings (SSSR count). The predicted molar refractivity (Wildman–Crippen MR) is 80.7 cm³/mol. The molecule has 5 heteroatoms. The van der Waals surface area contributed by atoms with Gasteiger partial charge < -0.3 is 5.11 Å². The van der Waals surface area contributed by atoms with Crippen LogP contribution in [0.15, 0.2) is 30.6 Å². The van der Waals surface area contributed by atoms with Crippen LogP contribution in [0.2, 0.25) is 5.02 Å². The molecule has 0 bridgehead atoms. The third-order valence-corrected chi connectivity index (χ3v) is 4.37. The lowest BCUT2D eigenvalue weighted by Crippen LogP contribution is -1.99. The fourth-order valence-electron chi connectivity index (χ4n) is 1.79. The monoisotopic (exact) mass is 376 g/mol. The van der Waals surface area contributed by atoms with Gasteiger partial charge in [-0.25, -0.2) is 0 Å². The lowest BCUT2D eigenvalue weighted by Gasteiger charge is -2.11. The second-order valence-electron chi connectivity index (χ2n) is 4.25. The lowest BCUT2D eigenvalue weighted by molar-refractivity contribution is 0.168. The Balaban J connectivity index is 1.99. The molecule has 0 radical (unpaired) electrons. The molecule has 0 saturated heterocycles. The molecule has 1 aromatic heterocycles. The van der Waals surface area contributed by atoms with E-state index in [1.165, 1.54) is 0 Å². The number of rotatable bonds is 4. The molecule has 0 aliphatic rings. The molecular formula is C13H14ClIN2O. The fraction of sp³-hybridized carbons (Fsp3) is 0.308. The number of aliphatic hydroxyl groups excluding tert-OH is 1. The highest BCUT2D eigenvalue weighted by Crippen LogP contribution is 2.25. The predicted octanol–water partition coefficient (Wildman–Crippen LogP) is 3.34. The van der Waals surface area contributed by atoms with Gasteiger partial charge >= 0.3 is 0 Å². The van der Waals surface area contributed by atoms with Crippen molar-refractivity contribution in [3.63, 3.8) is 0 Å². The number of halogens is 2. The van der Waals surface area contributed by atoms with Crippen LogP contribution >= 0.6 is 34.2 Å². The highest BCUT2D eigenvalue weighted by atomic mass is 127. The second-order valence-corrected chi connectivity index (χ2v) is 5.82. The van der Waals surface area contributed by atoms with E-state index in [2.05, 4.69) is 27.7 Å². The van der Waals surface area contributed by atoms with Gasteiger partial charge in [0.2, 0.25) is 0 Å². The average molecular weight is 377 g/mol. The Hall–Kier alpha value is -0.590. The smallest absolute Gasteiger partial charge is 0.0793 e. The molecule has 1 atom stereocenters. The average Bonchev–Trinajstić information content (AvgIpc) is 2.75. The van der Waals surface area contributed by atoms with E-state index in [-0.39, 0.29) is 0 Å². The molecular weight excluding hydrogens is 363 g/mol. The number of hydrogen-bond donors (Lipinski definition) is 1. The third kappa shape index (κ3) is 3.46. The Bertz CT molecular complexity index is 542. The van der Waals surface area contributed by atoms with Crippen molar-refractivity contribution in [2.75, 3.05) is 0 Å². The fourth-order valence-corrected chi connectivity index (χ4v) is 2.32. The van der Waals surface area contributed by atoms with Gasteiger partial charge in [0, 0.05) is 16.8 Å². The molecule has 0 saturated carbocycles. The summed E-state index contributed by atoms with van der Waals surface area (Å²) in [6.45, 7) is 0. The third-order valence-electron chi connectivity index (χ3n) is 2.79. The minimum atomic E-state index is -0.486. The van der Waals surface area contributed by atoms with Crippen LogP contribution < -0.4 is 0 Å². The highest BCUT2D eigenvalue weighted by Gasteiger charge is 2.10. The number of aliphatic hydroxyl groups is 1. The molecule has 1 heterocycles. The summed E-state index contributed by atoms with van der Waals surface area (Å²) >= 11 is 8.22. The summed E-state index contributed by atoms with van der Waals surface area (Å²) in [4.78, 5) is 0. The Morgan fingerprint density at radius 3 is 2.89 bits per heavy atom. The van der Waals surface area contributed by atoms with Crippen molar-refractivity contribution in [1.29, 1.82) is 0 Å². The van der Waals surface area contributed by atoms with E-state index in [0.29, 0.717) is 11.4 Å². The van der Waals surface area contributed by atoms with Gasteiger partial charge in [0.15, 0.2) is 0 Å². The molecule has 0 spiro atoms. The van der Waals surface area contributed by atoms with Gasteiger partial charge in [-0.2, -0.15) is 5.10 Å². The first-order chi connectivity index (χ1) is 8.56.